The van der Waals surface area contributed by atoms with Gasteiger partial charge < -0.3 is 8.92 Å². The van der Waals surface area contributed by atoms with Crippen molar-refractivity contribution in [2.45, 2.75) is 25.2 Å². The van der Waals surface area contributed by atoms with E-state index in [-0.39, 0.29) is 16.5 Å². The van der Waals surface area contributed by atoms with E-state index in [4.69, 9.17) is 20.5 Å². The molecule has 5 nitrogen and oxygen atoms in total. The first kappa shape index (κ1) is 16.6. The van der Waals surface area contributed by atoms with E-state index < -0.39 is 10.1 Å². The third-order valence-corrected chi connectivity index (χ3v) is 4.44. The highest BCUT2D eigenvalue weighted by Gasteiger charge is 2.24. The Balaban J connectivity index is 2.42. The largest absolute Gasteiger partial charge is 0.492 e. The van der Waals surface area contributed by atoms with Crippen molar-refractivity contribution in [1.82, 2.24) is 4.98 Å². The highest BCUT2D eigenvalue weighted by molar-refractivity contribution is 7.87. The van der Waals surface area contributed by atoms with E-state index in [0.717, 1.165) is 12.0 Å². The lowest BCUT2D eigenvalue weighted by Gasteiger charge is -2.13. The van der Waals surface area contributed by atoms with Gasteiger partial charge in [0.1, 0.15) is 10.6 Å². The van der Waals surface area contributed by atoms with Crippen molar-refractivity contribution in [3.63, 3.8) is 0 Å². The van der Waals surface area contributed by atoms with Crippen LogP contribution in [-0.4, -0.2) is 20.0 Å². The smallest absolute Gasteiger partial charge is 0.344 e. The summed E-state index contributed by atoms with van der Waals surface area (Å²) in [5, 5.41) is 0.326. The van der Waals surface area contributed by atoms with Gasteiger partial charge in [-0.25, -0.2) is 4.98 Å². The van der Waals surface area contributed by atoms with Gasteiger partial charge >= 0.3 is 10.1 Å². The molecule has 0 fully saturated rings. The Morgan fingerprint density at radius 1 is 1.27 bits per heavy atom. The highest BCUT2D eigenvalue weighted by atomic mass is 35.5. The van der Waals surface area contributed by atoms with Crippen LogP contribution < -0.4 is 8.92 Å². The maximum Gasteiger partial charge on any atom is 0.344 e. The summed E-state index contributed by atoms with van der Waals surface area (Å²) >= 11 is 6.04. The summed E-state index contributed by atoms with van der Waals surface area (Å²) in [6.07, 6.45) is 2.20. The minimum Gasteiger partial charge on any atom is -0.492 e. The molecule has 0 radical (unpaired) electrons. The number of benzene rings is 1. The second-order valence-corrected chi connectivity index (χ2v) is 6.52. The Bertz CT molecular complexity index is 748. The van der Waals surface area contributed by atoms with Crippen molar-refractivity contribution in [3.05, 3.63) is 47.1 Å². The number of aryl methyl sites for hydroxylation is 1. The van der Waals surface area contributed by atoms with Gasteiger partial charge in [-0.05, 0) is 37.1 Å². The normalized spacial score (nSPS) is 11.2. The first-order valence-electron chi connectivity index (χ1n) is 6.72. The molecule has 0 aliphatic carbocycles. The molecule has 7 heteroatoms. The Kier molecular flexibility index (Phi) is 5.26. The first-order valence-corrected chi connectivity index (χ1v) is 8.51. The molecular weight excluding hydrogens is 326 g/mol. The van der Waals surface area contributed by atoms with Gasteiger partial charge in [0.2, 0.25) is 5.88 Å². The van der Waals surface area contributed by atoms with E-state index in [0.29, 0.717) is 11.6 Å². The molecule has 0 N–H and O–H groups in total. The van der Waals surface area contributed by atoms with E-state index in [9.17, 15) is 8.42 Å². The second-order valence-electron chi connectivity index (χ2n) is 4.60. The summed E-state index contributed by atoms with van der Waals surface area (Å²) < 4.78 is 35.4. The molecule has 2 aromatic rings. The molecule has 0 spiro atoms. The third-order valence-electron chi connectivity index (χ3n) is 2.79. The van der Waals surface area contributed by atoms with Gasteiger partial charge in [-0.15, -0.1) is 0 Å². The first-order chi connectivity index (χ1) is 10.4. The molecule has 0 bridgehead atoms. The van der Waals surface area contributed by atoms with Gasteiger partial charge in [-0.3, -0.25) is 0 Å². The molecule has 1 aromatic carbocycles. The molecule has 0 aliphatic heterocycles. The molecule has 0 saturated heterocycles. The van der Waals surface area contributed by atoms with Gasteiger partial charge in [0, 0.05) is 17.3 Å². The monoisotopic (exact) mass is 341 g/mol. The topological polar surface area (TPSA) is 65.5 Å². The molecule has 0 atom stereocenters. The maximum atomic E-state index is 12.4. The number of hydrogen-bond acceptors (Lipinski definition) is 5. The van der Waals surface area contributed by atoms with Crippen molar-refractivity contribution in [2.24, 2.45) is 0 Å². The van der Waals surface area contributed by atoms with Crippen molar-refractivity contribution < 1.29 is 17.3 Å². The molecule has 118 valence electrons. The van der Waals surface area contributed by atoms with Crippen LogP contribution >= 0.6 is 11.6 Å². The fraction of sp³-hybridized carbons (Fsp3) is 0.267. The lowest BCUT2D eigenvalue weighted by molar-refractivity contribution is 0.307. The average Bonchev–Trinajstić information content (AvgIpc) is 2.48. The lowest BCUT2D eigenvalue weighted by Crippen LogP contribution is -2.13. The van der Waals surface area contributed by atoms with Crippen molar-refractivity contribution in [1.29, 1.82) is 0 Å². The summed E-state index contributed by atoms with van der Waals surface area (Å²) in [7, 11) is -4.09. The summed E-state index contributed by atoms with van der Waals surface area (Å²) in [6, 6.07) is 7.68. The summed E-state index contributed by atoms with van der Waals surface area (Å²) in [5.74, 6) is 0.209. The van der Waals surface area contributed by atoms with Crippen LogP contribution in [0.3, 0.4) is 0 Å². The molecule has 22 heavy (non-hydrogen) atoms. The Hall–Kier alpha value is -1.79. The number of ether oxygens (including phenoxy) is 1. The number of pyridine rings is 1. The zero-order chi connectivity index (χ0) is 16.2. The Morgan fingerprint density at radius 3 is 2.68 bits per heavy atom. The second kappa shape index (κ2) is 6.98. The van der Waals surface area contributed by atoms with Gasteiger partial charge in [0.05, 0.1) is 6.61 Å². The molecule has 0 aliphatic rings. The standard InChI is InChI=1S/C15H16ClNO4S/c1-3-8-20-13-9-11(2)12(16)10-14(13)22(18,19)21-15-6-4-5-7-17-15/h4-7,9-10H,3,8H2,1-2H3. The van der Waals surface area contributed by atoms with E-state index >= 15 is 0 Å². The molecule has 1 aromatic heterocycles. The summed E-state index contributed by atoms with van der Waals surface area (Å²) in [6.45, 7) is 4.10. The fourth-order valence-corrected chi connectivity index (χ4v) is 2.98. The quantitative estimate of drug-likeness (QED) is 0.751. The molecule has 0 saturated carbocycles. The minimum atomic E-state index is -4.09. The molecular formula is C15H16ClNO4S. The van der Waals surface area contributed by atoms with Crippen molar-refractivity contribution in [3.8, 4) is 11.6 Å². The summed E-state index contributed by atoms with van der Waals surface area (Å²) in [5.41, 5.74) is 0.726. The van der Waals surface area contributed by atoms with Crippen LogP contribution in [0.2, 0.25) is 5.02 Å². The van der Waals surface area contributed by atoms with Crippen LogP contribution in [0.5, 0.6) is 11.6 Å². The molecule has 0 amide bonds. The van der Waals surface area contributed by atoms with Crippen molar-refractivity contribution in [2.75, 3.05) is 6.61 Å². The highest BCUT2D eigenvalue weighted by Crippen LogP contribution is 2.32. The summed E-state index contributed by atoms with van der Waals surface area (Å²) in [4.78, 5) is 3.74. The maximum absolute atomic E-state index is 12.4. The Labute approximate surface area is 135 Å². The molecule has 1 heterocycles. The van der Waals surface area contributed by atoms with Crippen LogP contribution in [0.15, 0.2) is 41.4 Å². The van der Waals surface area contributed by atoms with Gasteiger partial charge in [-0.2, -0.15) is 8.42 Å². The number of rotatable bonds is 6. The average molecular weight is 342 g/mol. The van der Waals surface area contributed by atoms with Gasteiger partial charge in [-0.1, -0.05) is 24.6 Å². The van der Waals surface area contributed by atoms with Crippen LogP contribution in [-0.2, 0) is 10.1 Å². The van der Waals surface area contributed by atoms with Crippen molar-refractivity contribution >= 4 is 21.7 Å². The number of halogens is 1. The Morgan fingerprint density at radius 2 is 2.05 bits per heavy atom. The molecule has 0 unspecified atom stereocenters. The van der Waals surface area contributed by atoms with E-state index in [2.05, 4.69) is 4.98 Å². The zero-order valence-corrected chi connectivity index (χ0v) is 13.8. The van der Waals surface area contributed by atoms with Crippen LogP contribution in [0.4, 0.5) is 0 Å². The predicted octanol–water partition coefficient (Wildman–Crippen LogP) is 3.60. The molecule has 2 rings (SSSR count). The van der Waals surface area contributed by atoms with Crippen LogP contribution in [0.25, 0.3) is 0 Å². The minimum absolute atomic E-state index is 0.0133. The fourth-order valence-electron chi connectivity index (χ4n) is 1.71. The number of aromatic nitrogens is 1. The zero-order valence-electron chi connectivity index (χ0n) is 12.2. The van der Waals surface area contributed by atoms with Gasteiger partial charge in [0.15, 0.2) is 0 Å². The van der Waals surface area contributed by atoms with E-state index in [1.165, 1.54) is 18.3 Å². The van der Waals surface area contributed by atoms with E-state index in [1.54, 1.807) is 25.1 Å². The van der Waals surface area contributed by atoms with Crippen LogP contribution in [0, 0.1) is 6.92 Å². The third kappa shape index (κ3) is 3.90. The predicted molar refractivity (Wildman–Crippen MR) is 84.0 cm³/mol. The number of hydrogen-bond donors (Lipinski definition) is 0. The van der Waals surface area contributed by atoms with E-state index in [1.807, 2.05) is 6.92 Å². The number of nitrogens with zero attached hydrogens (tertiary/aromatic N) is 1. The van der Waals surface area contributed by atoms with Gasteiger partial charge in [0.25, 0.3) is 0 Å². The SMILES string of the molecule is CCCOc1cc(C)c(Cl)cc1S(=O)(=O)Oc1ccccn1. The van der Waals surface area contributed by atoms with Crippen LogP contribution in [0.1, 0.15) is 18.9 Å². The lowest BCUT2D eigenvalue weighted by atomic mass is 10.2.